The van der Waals surface area contributed by atoms with Crippen molar-refractivity contribution in [2.75, 3.05) is 26.3 Å². The van der Waals surface area contributed by atoms with E-state index in [1.807, 2.05) is 30.3 Å². The quantitative estimate of drug-likeness (QED) is 0.335. The molecular formula is C18H23NO4. The second-order valence-corrected chi connectivity index (χ2v) is 5.33. The van der Waals surface area contributed by atoms with E-state index in [4.69, 9.17) is 9.57 Å². The number of ether oxygens (including phenoxy) is 1. The van der Waals surface area contributed by atoms with E-state index in [9.17, 15) is 9.59 Å². The fraction of sp³-hybridized carbons (Fsp3) is 0.444. The maximum Gasteiger partial charge on any atom is 0.341 e. The predicted molar refractivity (Wildman–Crippen MR) is 87.4 cm³/mol. The van der Waals surface area contributed by atoms with Gasteiger partial charge in [-0.25, -0.2) is 4.79 Å². The van der Waals surface area contributed by atoms with Crippen molar-refractivity contribution in [2.24, 2.45) is 0 Å². The maximum absolute atomic E-state index is 12.5. The van der Waals surface area contributed by atoms with Gasteiger partial charge in [0, 0.05) is 19.5 Å². The Morgan fingerprint density at radius 2 is 2.04 bits per heavy atom. The van der Waals surface area contributed by atoms with Crippen LogP contribution in [-0.2, 0) is 19.2 Å². The van der Waals surface area contributed by atoms with Crippen LogP contribution < -0.4 is 0 Å². The fourth-order valence-electron chi connectivity index (χ4n) is 2.36. The Bertz CT molecular complexity index is 547. The zero-order valence-electron chi connectivity index (χ0n) is 13.5. The van der Waals surface area contributed by atoms with Crippen molar-refractivity contribution >= 4 is 17.8 Å². The molecule has 0 aliphatic carbocycles. The second-order valence-electron chi connectivity index (χ2n) is 5.33. The Labute approximate surface area is 136 Å². The average molecular weight is 317 g/mol. The molecule has 5 heteroatoms. The molecule has 0 unspecified atom stereocenters. The highest BCUT2D eigenvalue weighted by Gasteiger charge is 2.21. The van der Waals surface area contributed by atoms with Gasteiger partial charge in [-0.15, -0.1) is 0 Å². The SMILES string of the molecule is CCOC(=O)/C(=C\c1ccccc1)C(=O)CCN1CCCCO1. The number of Topliss-reactive ketones (excluding diaryl/α,β-unsaturated/α-hetero) is 1. The molecule has 0 spiro atoms. The highest BCUT2D eigenvalue weighted by Crippen LogP contribution is 2.13. The van der Waals surface area contributed by atoms with Gasteiger partial charge >= 0.3 is 5.97 Å². The molecule has 2 rings (SSSR count). The largest absolute Gasteiger partial charge is 0.462 e. The van der Waals surface area contributed by atoms with E-state index in [-0.39, 0.29) is 24.4 Å². The normalized spacial score (nSPS) is 16.1. The van der Waals surface area contributed by atoms with Crippen molar-refractivity contribution in [1.82, 2.24) is 5.06 Å². The van der Waals surface area contributed by atoms with Gasteiger partial charge in [-0.1, -0.05) is 30.3 Å². The Morgan fingerprint density at radius 1 is 1.26 bits per heavy atom. The third-order valence-electron chi connectivity index (χ3n) is 3.57. The van der Waals surface area contributed by atoms with E-state index in [1.165, 1.54) is 0 Å². The lowest BCUT2D eigenvalue weighted by atomic mass is 10.0. The minimum atomic E-state index is -0.569. The highest BCUT2D eigenvalue weighted by molar-refractivity contribution is 6.20. The third-order valence-corrected chi connectivity index (χ3v) is 3.57. The van der Waals surface area contributed by atoms with Gasteiger partial charge in [0.1, 0.15) is 5.57 Å². The molecule has 1 aromatic rings. The Balaban J connectivity index is 2.04. The minimum absolute atomic E-state index is 0.0926. The summed E-state index contributed by atoms with van der Waals surface area (Å²) in [5.41, 5.74) is 0.896. The van der Waals surface area contributed by atoms with Crippen LogP contribution in [0, 0.1) is 0 Å². The summed E-state index contributed by atoms with van der Waals surface area (Å²) in [6.07, 6.45) is 3.94. The first-order valence-electron chi connectivity index (χ1n) is 8.05. The average Bonchev–Trinajstić information content (AvgIpc) is 2.59. The Morgan fingerprint density at radius 3 is 2.70 bits per heavy atom. The number of hydroxylamine groups is 2. The summed E-state index contributed by atoms with van der Waals surface area (Å²) < 4.78 is 5.02. The summed E-state index contributed by atoms with van der Waals surface area (Å²) in [7, 11) is 0. The lowest BCUT2D eigenvalue weighted by Crippen LogP contribution is -2.32. The first kappa shape index (κ1) is 17.4. The maximum atomic E-state index is 12.5. The van der Waals surface area contributed by atoms with Crippen molar-refractivity contribution < 1.29 is 19.2 Å². The van der Waals surface area contributed by atoms with E-state index in [0.717, 1.165) is 24.9 Å². The number of nitrogens with zero attached hydrogens (tertiary/aromatic N) is 1. The topological polar surface area (TPSA) is 55.8 Å². The summed E-state index contributed by atoms with van der Waals surface area (Å²) in [6.45, 7) is 3.98. The van der Waals surface area contributed by atoms with Crippen LogP contribution >= 0.6 is 0 Å². The first-order valence-corrected chi connectivity index (χ1v) is 8.05. The van der Waals surface area contributed by atoms with Gasteiger partial charge in [0.15, 0.2) is 5.78 Å². The van der Waals surface area contributed by atoms with Crippen molar-refractivity contribution in [3.8, 4) is 0 Å². The van der Waals surface area contributed by atoms with Crippen LogP contribution in [0.5, 0.6) is 0 Å². The van der Waals surface area contributed by atoms with Crippen molar-refractivity contribution in [3.05, 3.63) is 41.5 Å². The molecule has 0 N–H and O–H groups in total. The minimum Gasteiger partial charge on any atom is -0.462 e. The fourth-order valence-corrected chi connectivity index (χ4v) is 2.36. The number of hydrogen-bond donors (Lipinski definition) is 0. The van der Waals surface area contributed by atoms with Crippen LogP contribution in [0.15, 0.2) is 35.9 Å². The molecule has 0 radical (unpaired) electrons. The summed E-state index contributed by atoms with van der Waals surface area (Å²) >= 11 is 0. The summed E-state index contributed by atoms with van der Waals surface area (Å²) in [5, 5.41) is 1.80. The van der Waals surface area contributed by atoms with Gasteiger partial charge < -0.3 is 4.74 Å². The Hall–Kier alpha value is -1.98. The molecule has 1 fully saturated rings. The Kier molecular flexibility index (Phi) is 6.97. The molecule has 0 saturated carbocycles. The number of hydrogen-bond acceptors (Lipinski definition) is 5. The highest BCUT2D eigenvalue weighted by atomic mass is 16.7. The molecule has 0 aromatic heterocycles. The zero-order chi connectivity index (χ0) is 16.5. The van der Waals surface area contributed by atoms with Gasteiger partial charge in [-0.2, -0.15) is 5.06 Å². The standard InChI is InChI=1S/C18H23NO4/c1-2-22-18(21)16(14-15-8-4-3-5-9-15)17(20)10-12-19-11-6-7-13-23-19/h3-5,8-9,14H,2,6-7,10-13H2,1H3/b16-14-. The molecule has 1 heterocycles. The third kappa shape index (κ3) is 5.62. The smallest absolute Gasteiger partial charge is 0.341 e. The predicted octanol–water partition coefficient (Wildman–Crippen LogP) is 2.62. The van der Waals surface area contributed by atoms with Gasteiger partial charge in [0.25, 0.3) is 0 Å². The second kappa shape index (κ2) is 9.22. The summed E-state index contributed by atoms with van der Waals surface area (Å²) in [4.78, 5) is 30.0. The van der Waals surface area contributed by atoms with E-state index in [0.29, 0.717) is 13.2 Å². The van der Waals surface area contributed by atoms with Gasteiger partial charge in [0.05, 0.1) is 13.2 Å². The van der Waals surface area contributed by atoms with Crippen molar-refractivity contribution in [3.63, 3.8) is 0 Å². The first-order chi connectivity index (χ1) is 11.2. The molecule has 0 bridgehead atoms. The molecule has 0 atom stereocenters. The summed E-state index contributed by atoms with van der Waals surface area (Å²) in [5.74, 6) is -0.789. The number of carbonyl (C=O) groups is 2. The van der Waals surface area contributed by atoms with Crippen molar-refractivity contribution in [1.29, 1.82) is 0 Å². The molecule has 0 amide bonds. The van der Waals surface area contributed by atoms with Gasteiger partial charge in [-0.3, -0.25) is 9.63 Å². The number of benzene rings is 1. The molecule has 1 aliphatic heterocycles. The molecule has 1 saturated heterocycles. The van der Waals surface area contributed by atoms with E-state index in [2.05, 4.69) is 0 Å². The van der Waals surface area contributed by atoms with Crippen LogP contribution in [0.1, 0.15) is 31.7 Å². The number of rotatable bonds is 7. The van der Waals surface area contributed by atoms with E-state index < -0.39 is 5.97 Å². The molecule has 1 aromatic carbocycles. The van der Waals surface area contributed by atoms with Crippen LogP contribution in [0.2, 0.25) is 0 Å². The van der Waals surface area contributed by atoms with Crippen LogP contribution in [0.4, 0.5) is 0 Å². The van der Waals surface area contributed by atoms with E-state index >= 15 is 0 Å². The van der Waals surface area contributed by atoms with Crippen molar-refractivity contribution in [2.45, 2.75) is 26.2 Å². The molecular weight excluding hydrogens is 294 g/mol. The van der Waals surface area contributed by atoms with E-state index in [1.54, 1.807) is 18.1 Å². The molecule has 5 nitrogen and oxygen atoms in total. The summed E-state index contributed by atoms with van der Waals surface area (Å²) in [6, 6.07) is 9.30. The monoisotopic (exact) mass is 317 g/mol. The van der Waals surface area contributed by atoms with Gasteiger partial charge in [-0.05, 0) is 31.4 Å². The van der Waals surface area contributed by atoms with Crippen LogP contribution in [0.3, 0.4) is 0 Å². The number of carbonyl (C=O) groups excluding carboxylic acids is 2. The number of esters is 1. The zero-order valence-corrected chi connectivity index (χ0v) is 13.5. The molecule has 124 valence electrons. The van der Waals surface area contributed by atoms with Crippen LogP contribution in [0.25, 0.3) is 6.08 Å². The van der Waals surface area contributed by atoms with Gasteiger partial charge in [0.2, 0.25) is 0 Å². The lowest BCUT2D eigenvalue weighted by molar-refractivity contribution is -0.181. The molecule has 23 heavy (non-hydrogen) atoms. The number of ketones is 1. The lowest BCUT2D eigenvalue weighted by Gasteiger charge is -2.25. The molecule has 1 aliphatic rings. The van der Waals surface area contributed by atoms with Crippen LogP contribution in [-0.4, -0.2) is 43.1 Å².